The highest BCUT2D eigenvalue weighted by atomic mass is 13.9. The van der Waals surface area contributed by atoms with Crippen molar-refractivity contribution in [1.29, 1.82) is 0 Å². The van der Waals surface area contributed by atoms with Crippen molar-refractivity contribution in [2.24, 2.45) is 0 Å². The maximum atomic E-state index is 3.26. The zero-order chi connectivity index (χ0) is 6.69. The van der Waals surface area contributed by atoms with Crippen LogP contribution in [0.5, 0.6) is 0 Å². The van der Waals surface area contributed by atoms with Crippen LogP contribution in [0.4, 0.5) is 0 Å². The van der Waals surface area contributed by atoms with E-state index in [0.29, 0.717) is 0 Å². The van der Waals surface area contributed by atoms with Gasteiger partial charge in [0, 0.05) is 0 Å². The third kappa shape index (κ3) is 1.56. The van der Waals surface area contributed by atoms with E-state index in [1.54, 1.807) is 0 Å². The first-order valence-electron chi connectivity index (χ1n) is 3.30. The van der Waals surface area contributed by atoms with E-state index in [4.69, 9.17) is 0 Å². The van der Waals surface area contributed by atoms with Gasteiger partial charge < -0.3 is 0 Å². The number of hydrogen-bond donors (Lipinski definition) is 0. The van der Waals surface area contributed by atoms with Gasteiger partial charge in [0.05, 0.1) is 0 Å². The summed E-state index contributed by atoms with van der Waals surface area (Å²) in [6.07, 6.45) is 1.08. The summed E-state index contributed by atoms with van der Waals surface area (Å²) in [4.78, 5) is 0. The van der Waals surface area contributed by atoms with Gasteiger partial charge in [-0.1, -0.05) is 25.1 Å². The molecule has 9 heavy (non-hydrogen) atoms. The predicted molar refractivity (Wildman–Crippen MR) is 39.4 cm³/mol. The number of benzene rings is 1. The minimum absolute atomic E-state index is 1.08. The Hall–Kier alpha value is -0.780. The molecule has 0 fully saturated rings. The van der Waals surface area contributed by atoms with Crippen LogP contribution in [0.15, 0.2) is 18.2 Å². The average Bonchev–Trinajstić information content (AvgIpc) is 1.88. The Balaban J connectivity index is 2.94. The molecule has 0 unspecified atom stereocenters. The van der Waals surface area contributed by atoms with Gasteiger partial charge in [0.2, 0.25) is 0 Å². The summed E-state index contributed by atoms with van der Waals surface area (Å²) in [5.74, 6) is 0. The molecule has 1 aromatic rings. The molecule has 0 heteroatoms. The second kappa shape index (κ2) is 2.67. The molecule has 0 aromatic heterocycles. The molecule has 47 valence electrons. The normalized spacial score (nSPS) is 9.56. The second-order valence-corrected chi connectivity index (χ2v) is 2.21. The van der Waals surface area contributed by atoms with Gasteiger partial charge in [-0.2, -0.15) is 0 Å². The van der Waals surface area contributed by atoms with E-state index in [9.17, 15) is 0 Å². The smallest absolute Gasteiger partial charge is 0.0117 e. The number of aryl methyl sites for hydroxylation is 2. The highest BCUT2D eigenvalue weighted by molar-refractivity contribution is 5.19. The van der Waals surface area contributed by atoms with Gasteiger partial charge in [0.25, 0.3) is 0 Å². The second-order valence-electron chi connectivity index (χ2n) is 2.21. The fourth-order valence-electron chi connectivity index (χ4n) is 0.851. The first-order chi connectivity index (χ1) is 4.33. The first-order valence-corrected chi connectivity index (χ1v) is 3.30. The van der Waals surface area contributed by atoms with Gasteiger partial charge in [-0.3, -0.25) is 0 Å². The first kappa shape index (κ1) is 6.34. The average molecular weight is 119 g/mol. The zero-order valence-electron chi connectivity index (χ0n) is 5.94. The van der Waals surface area contributed by atoms with Crippen LogP contribution in [-0.2, 0) is 6.42 Å². The summed E-state index contributed by atoms with van der Waals surface area (Å²) < 4.78 is 0. The lowest BCUT2D eigenvalue weighted by atomic mass is 10.1. The van der Waals surface area contributed by atoms with E-state index >= 15 is 0 Å². The Morgan fingerprint density at radius 3 is 2.67 bits per heavy atom. The van der Waals surface area contributed by atoms with Crippen LogP contribution in [0.1, 0.15) is 18.1 Å². The van der Waals surface area contributed by atoms with Crippen molar-refractivity contribution in [3.8, 4) is 0 Å². The quantitative estimate of drug-likeness (QED) is 0.532. The molecule has 0 nitrogen and oxygen atoms in total. The van der Waals surface area contributed by atoms with Crippen molar-refractivity contribution in [2.75, 3.05) is 0 Å². The Bertz CT molecular complexity index is 189. The molecular formula is C9H11. The minimum atomic E-state index is 1.08. The molecule has 0 aliphatic carbocycles. The standard InChI is InChI=1S/C9H11/c1-3-9-6-4-5-8(2)7-9/h4-6H,3H2,1-2H3. The molecule has 0 atom stereocenters. The zero-order valence-corrected chi connectivity index (χ0v) is 5.94. The Morgan fingerprint density at radius 2 is 2.22 bits per heavy atom. The largest absolute Gasteiger partial charge is 0.0617 e. The molecule has 0 aliphatic heterocycles. The van der Waals surface area contributed by atoms with E-state index in [2.05, 4.69) is 38.1 Å². The molecule has 0 bridgehead atoms. The maximum Gasteiger partial charge on any atom is -0.0117 e. The monoisotopic (exact) mass is 119 g/mol. The van der Waals surface area contributed by atoms with E-state index in [1.807, 2.05) is 0 Å². The molecule has 1 radical (unpaired) electrons. The summed E-state index contributed by atoms with van der Waals surface area (Å²) in [7, 11) is 0. The van der Waals surface area contributed by atoms with Crippen LogP contribution < -0.4 is 0 Å². The molecular weight excluding hydrogens is 108 g/mol. The highest BCUT2D eigenvalue weighted by Crippen LogP contribution is 2.01. The van der Waals surface area contributed by atoms with Crippen molar-refractivity contribution >= 4 is 0 Å². The van der Waals surface area contributed by atoms with Crippen LogP contribution in [0, 0.1) is 13.0 Å². The Labute approximate surface area is 56.5 Å². The van der Waals surface area contributed by atoms with E-state index in [-0.39, 0.29) is 0 Å². The summed E-state index contributed by atoms with van der Waals surface area (Å²) in [5.41, 5.74) is 2.53. The van der Waals surface area contributed by atoms with Crippen LogP contribution in [0.25, 0.3) is 0 Å². The van der Waals surface area contributed by atoms with E-state index < -0.39 is 0 Å². The van der Waals surface area contributed by atoms with Gasteiger partial charge in [-0.15, -0.1) is 0 Å². The molecule has 0 saturated heterocycles. The number of hydrogen-bond acceptors (Lipinski definition) is 0. The van der Waals surface area contributed by atoms with Crippen molar-refractivity contribution in [2.45, 2.75) is 20.3 Å². The fourth-order valence-corrected chi connectivity index (χ4v) is 0.851. The molecule has 0 amide bonds. The highest BCUT2D eigenvalue weighted by Gasteiger charge is 1.86. The minimum Gasteiger partial charge on any atom is -0.0617 e. The van der Waals surface area contributed by atoms with Gasteiger partial charge in [0.1, 0.15) is 0 Å². The summed E-state index contributed by atoms with van der Waals surface area (Å²) in [6.45, 7) is 4.21. The topological polar surface area (TPSA) is 0 Å². The van der Waals surface area contributed by atoms with Gasteiger partial charge in [-0.05, 0) is 30.5 Å². The Morgan fingerprint density at radius 1 is 1.44 bits per heavy atom. The lowest BCUT2D eigenvalue weighted by Gasteiger charge is -1.94. The Kier molecular flexibility index (Phi) is 1.88. The molecule has 1 rings (SSSR count). The van der Waals surface area contributed by atoms with Crippen LogP contribution in [0.2, 0.25) is 0 Å². The number of rotatable bonds is 1. The molecule has 0 N–H and O–H groups in total. The molecule has 0 saturated carbocycles. The van der Waals surface area contributed by atoms with Gasteiger partial charge in [0.15, 0.2) is 0 Å². The maximum absolute atomic E-state index is 3.26. The van der Waals surface area contributed by atoms with Gasteiger partial charge >= 0.3 is 0 Å². The summed E-state index contributed by atoms with van der Waals surface area (Å²) >= 11 is 0. The molecule has 0 spiro atoms. The fraction of sp³-hybridized carbons (Fsp3) is 0.333. The van der Waals surface area contributed by atoms with Crippen LogP contribution in [-0.4, -0.2) is 0 Å². The van der Waals surface area contributed by atoms with Crippen LogP contribution >= 0.6 is 0 Å². The molecule has 1 aromatic carbocycles. The van der Waals surface area contributed by atoms with E-state index in [1.165, 1.54) is 11.1 Å². The lowest BCUT2D eigenvalue weighted by molar-refractivity contribution is 1.13. The van der Waals surface area contributed by atoms with Crippen molar-refractivity contribution in [1.82, 2.24) is 0 Å². The third-order valence-corrected chi connectivity index (χ3v) is 1.38. The molecule has 0 heterocycles. The SMILES string of the molecule is CCc1[c]c(C)ccc1. The van der Waals surface area contributed by atoms with Crippen molar-refractivity contribution < 1.29 is 0 Å². The summed E-state index contributed by atoms with van der Waals surface area (Å²) in [6, 6.07) is 9.50. The van der Waals surface area contributed by atoms with Crippen molar-refractivity contribution in [3.63, 3.8) is 0 Å². The summed E-state index contributed by atoms with van der Waals surface area (Å²) in [5, 5.41) is 0. The van der Waals surface area contributed by atoms with Gasteiger partial charge in [-0.25, -0.2) is 0 Å². The van der Waals surface area contributed by atoms with E-state index in [0.717, 1.165) is 6.42 Å². The lowest BCUT2D eigenvalue weighted by Crippen LogP contribution is -1.79. The van der Waals surface area contributed by atoms with Crippen molar-refractivity contribution in [3.05, 3.63) is 35.4 Å². The van der Waals surface area contributed by atoms with Crippen LogP contribution in [0.3, 0.4) is 0 Å². The predicted octanol–water partition coefficient (Wildman–Crippen LogP) is 2.36. The molecule has 0 aliphatic rings. The third-order valence-electron chi connectivity index (χ3n) is 1.38.